The standard InChI is InChI=1S/C13H14BrN3O/c14-9-5-3-8(4-6-9)11-13(18)17-12(16-11)10-2-1-7-15-10/h3-6,10-11,15H,1-2,7H2,(H,16,17,18). The van der Waals surface area contributed by atoms with Crippen LogP contribution in [0.5, 0.6) is 0 Å². The highest BCUT2D eigenvalue weighted by Crippen LogP contribution is 2.24. The van der Waals surface area contributed by atoms with Crippen LogP contribution in [0.1, 0.15) is 24.4 Å². The minimum absolute atomic E-state index is 0.0268. The lowest BCUT2D eigenvalue weighted by atomic mass is 10.1. The molecule has 2 aliphatic rings. The zero-order valence-corrected chi connectivity index (χ0v) is 11.4. The third-order valence-corrected chi connectivity index (χ3v) is 3.87. The van der Waals surface area contributed by atoms with Crippen LogP contribution in [-0.2, 0) is 4.79 Å². The van der Waals surface area contributed by atoms with Gasteiger partial charge in [-0.15, -0.1) is 0 Å². The summed E-state index contributed by atoms with van der Waals surface area (Å²) in [7, 11) is 0. The summed E-state index contributed by atoms with van der Waals surface area (Å²) in [5.41, 5.74) is 0.934. The summed E-state index contributed by atoms with van der Waals surface area (Å²) < 4.78 is 1.01. The van der Waals surface area contributed by atoms with Gasteiger partial charge in [0.05, 0.1) is 6.04 Å². The van der Waals surface area contributed by atoms with Crippen molar-refractivity contribution in [3.63, 3.8) is 0 Å². The average molecular weight is 308 g/mol. The van der Waals surface area contributed by atoms with E-state index in [1.807, 2.05) is 24.3 Å². The number of carbonyl (C=O) groups excluding carboxylic acids is 1. The van der Waals surface area contributed by atoms with Crippen LogP contribution < -0.4 is 10.6 Å². The van der Waals surface area contributed by atoms with Gasteiger partial charge in [0.25, 0.3) is 5.91 Å². The van der Waals surface area contributed by atoms with Crippen molar-refractivity contribution in [3.8, 4) is 0 Å². The SMILES string of the molecule is O=C1NC(C2CCCN2)=NC1c1ccc(Br)cc1. The van der Waals surface area contributed by atoms with Crippen molar-refractivity contribution in [3.05, 3.63) is 34.3 Å². The van der Waals surface area contributed by atoms with E-state index in [0.29, 0.717) is 0 Å². The monoisotopic (exact) mass is 307 g/mol. The number of nitrogens with zero attached hydrogens (tertiary/aromatic N) is 1. The van der Waals surface area contributed by atoms with Crippen molar-refractivity contribution in [2.45, 2.75) is 24.9 Å². The van der Waals surface area contributed by atoms with Crippen LogP contribution in [0.25, 0.3) is 0 Å². The van der Waals surface area contributed by atoms with Crippen molar-refractivity contribution < 1.29 is 4.79 Å². The number of halogens is 1. The normalized spacial score (nSPS) is 27.2. The molecule has 0 spiro atoms. The Morgan fingerprint density at radius 2 is 2.06 bits per heavy atom. The van der Waals surface area contributed by atoms with E-state index in [4.69, 9.17) is 0 Å². The first-order valence-electron chi connectivity index (χ1n) is 6.11. The molecule has 2 aliphatic heterocycles. The molecule has 0 aliphatic carbocycles. The molecule has 2 atom stereocenters. The number of benzene rings is 1. The van der Waals surface area contributed by atoms with Crippen LogP contribution in [0, 0.1) is 0 Å². The minimum Gasteiger partial charge on any atom is -0.311 e. The molecular weight excluding hydrogens is 294 g/mol. The fraction of sp³-hybridized carbons (Fsp3) is 0.385. The van der Waals surface area contributed by atoms with Crippen LogP contribution >= 0.6 is 15.9 Å². The summed E-state index contributed by atoms with van der Waals surface area (Å²) >= 11 is 3.39. The Hall–Kier alpha value is -1.20. The van der Waals surface area contributed by atoms with Crippen LogP contribution in [0.4, 0.5) is 0 Å². The van der Waals surface area contributed by atoms with E-state index >= 15 is 0 Å². The van der Waals surface area contributed by atoms with Gasteiger partial charge in [-0.05, 0) is 37.1 Å². The molecule has 2 heterocycles. The van der Waals surface area contributed by atoms with Gasteiger partial charge in [0.1, 0.15) is 5.84 Å². The van der Waals surface area contributed by atoms with E-state index in [9.17, 15) is 4.79 Å². The van der Waals surface area contributed by atoms with E-state index in [0.717, 1.165) is 35.3 Å². The van der Waals surface area contributed by atoms with Gasteiger partial charge < -0.3 is 10.6 Å². The van der Waals surface area contributed by atoms with Crippen LogP contribution in [-0.4, -0.2) is 24.3 Å². The number of amidine groups is 1. The highest BCUT2D eigenvalue weighted by Gasteiger charge is 2.32. The van der Waals surface area contributed by atoms with Gasteiger partial charge in [0.2, 0.25) is 0 Å². The summed E-state index contributed by atoms with van der Waals surface area (Å²) in [5.74, 6) is 0.770. The number of aliphatic imine (C=N–C) groups is 1. The first-order valence-corrected chi connectivity index (χ1v) is 6.91. The fourth-order valence-electron chi connectivity index (χ4n) is 2.39. The molecule has 1 amide bonds. The molecule has 1 aromatic rings. The van der Waals surface area contributed by atoms with E-state index in [1.54, 1.807) is 0 Å². The van der Waals surface area contributed by atoms with Gasteiger partial charge in [-0.1, -0.05) is 28.1 Å². The molecule has 3 rings (SSSR count). The van der Waals surface area contributed by atoms with Crippen LogP contribution in [0.2, 0.25) is 0 Å². The summed E-state index contributed by atoms with van der Waals surface area (Å²) in [6.45, 7) is 1.00. The maximum atomic E-state index is 12.0. The number of rotatable bonds is 2. The van der Waals surface area contributed by atoms with E-state index < -0.39 is 6.04 Å². The van der Waals surface area contributed by atoms with Crippen molar-refractivity contribution in [1.29, 1.82) is 0 Å². The maximum Gasteiger partial charge on any atom is 0.254 e. The number of nitrogens with one attached hydrogen (secondary N) is 2. The Morgan fingerprint density at radius 1 is 1.28 bits per heavy atom. The highest BCUT2D eigenvalue weighted by molar-refractivity contribution is 9.10. The van der Waals surface area contributed by atoms with E-state index in [2.05, 4.69) is 31.6 Å². The molecule has 1 aromatic carbocycles. The zero-order valence-electron chi connectivity index (χ0n) is 9.82. The van der Waals surface area contributed by atoms with Gasteiger partial charge in [-0.25, -0.2) is 0 Å². The van der Waals surface area contributed by atoms with Gasteiger partial charge in [-0.2, -0.15) is 0 Å². The average Bonchev–Trinajstić information content (AvgIpc) is 2.99. The molecule has 2 unspecified atom stereocenters. The fourth-order valence-corrected chi connectivity index (χ4v) is 2.65. The summed E-state index contributed by atoms with van der Waals surface area (Å²) in [5, 5.41) is 6.24. The Kier molecular flexibility index (Phi) is 3.18. The highest BCUT2D eigenvalue weighted by atomic mass is 79.9. The van der Waals surface area contributed by atoms with Gasteiger partial charge >= 0.3 is 0 Å². The lowest BCUT2D eigenvalue weighted by Gasteiger charge is -2.08. The quantitative estimate of drug-likeness (QED) is 0.875. The third-order valence-electron chi connectivity index (χ3n) is 3.34. The maximum absolute atomic E-state index is 12.0. The summed E-state index contributed by atoms with van der Waals surface area (Å²) in [6, 6.07) is 7.56. The largest absolute Gasteiger partial charge is 0.311 e. The molecule has 1 fully saturated rings. The van der Waals surface area contributed by atoms with Crippen LogP contribution in [0.3, 0.4) is 0 Å². The first-order chi connectivity index (χ1) is 8.74. The van der Waals surface area contributed by atoms with Gasteiger partial charge in [-0.3, -0.25) is 9.79 Å². The van der Waals surface area contributed by atoms with Crippen molar-refractivity contribution in [2.75, 3.05) is 6.54 Å². The second-order valence-electron chi connectivity index (χ2n) is 4.61. The van der Waals surface area contributed by atoms with Gasteiger partial charge in [0, 0.05) is 4.47 Å². The Labute approximate surface area is 114 Å². The Bertz CT molecular complexity index is 491. The predicted molar refractivity (Wildman–Crippen MR) is 73.5 cm³/mol. The topological polar surface area (TPSA) is 53.5 Å². The second kappa shape index (κ2) is 4.82. The summed E-state index contributed by atoms with van der Waals surface area (Å²) in [4.78, 5) is 16.5. The zero-order chi connectivity index (χ0) is 12.5. The predicted octanol–water partition coefficient (Wildman–Crippen LogP) is 1.77. The second-order valence-corrected chi connectivity index (χ2v) is 5.52. The Balaban J connectivity index is 1.83. The lowest BCUT2D eigenvalue weighted by Crippen LogP contribution is -2.39. The molecule has 0 saturated carbocycles. The van der Waals surface area contributed by atoms with Gasteiger partial charge in [0.15, 0.2) is 6.04 Å². The van der Waals surface area contributed by atoms with Crippen LogP contribution in [0.15, 0.2) is 33.7 Å². The smallest absolute Gasteiger partial charge is 0.254 e. The van der Waals surface area contributed by atoms with Crippen molar-refractivity contribution in [1.82, 2.24) is 10.6 Å². The van der Waals surface area contributed by atoms with Crippen molar-refractivity contribution >= 4 is 27.7 Å². The number of amides is 1. The molecule has 5 heteroatoms. The molecule has 0 aromatic heterocycles. The molecule has 94 valence electrons. The number of carbonyl (C=O) groups is 1. The molecule has 2 N–H and O–H groups in total. The first kappa shape index (κ1) is 11.9. The molecule has 4 nitrogen and oxygen atoms in total. The molecule has 0 bridgehead atoms. The number of hydrogen-bond acceptors (Lipinski definition) is 3. The summed E-state index contributed by atoms with van der Waals surface area (Å²) in [6.07, 6.45) is 2.19. The molecule has 18 heavy (non-hydrogen) atoms. The molecule has 1 saturated heterocycles. The van der Waals surface area contributed by atoms with E-state index in [-0.39, 0.29) is 11.9 Å². The number of hydrogen-bond donors (Lipinski definition) is 2. The molecule has 0 radical (unpaired) electrons. The van der Waals surface area contributed by atoms with Crippen molar-refractivity contribution in [2.24, 2.45) is 4.99 Å². The minimum atomic E-state index is -0.393. The van der Waals surface area contributed by atoms with E-state index in [1.165, 1.54) is 0 Å². The third kappa shape index (κ3) is 2.20. The lowest BCUT2D eigenvalue weighted by molar-refractivity contribution is -0.120. The Morgan fingerprint density at radius 3 is 2.72 bits per heavy atom. The molecular formula is C13H14BrN3O.